The van der Waals surface area contributed by atoms with Crippen molar-refractivity contribution in [3.05, 3.63) is 86.0 Å². The van der Waals surface area contributed by atoms with E-state index in [-0.39, 0.29) is 5.91 Å². The lowest BCUT2D eigenvalue weighted by atomic mass is 10.2. The Morgan fingerprint density at radius 1 is 0.909 bits per heavy atom. The predicted molar refractivity (Wildman–Crippen MR) is 91.7 cm³/mol. The summed E-state index contributed by atoms with van der Waals surface area (Å²) in [6, 6.07) is 19.6. The van der Waals surface area contributed by atoms with Gasteiger partial charge in [0, 0.05) is 6.54 Å². The zero-order chi connectivity index (χ0) is 15.8. The van der Waals surface area contributed by atoms with Crippen LogP contribution in [0.3, 0.4) is 0 Å². The summed E-state index contributed by atoms with van der Waals surface area (Å²) in [5.74, 6) is -0.144. The first kappa shape index (κ1) is 15.6. The third-order valence-corrected chi connectivity index (χ3v) is 3.22. The van der Waals surface area contributed by atoms with E-state index in [0.717, 1.165) is 11.4 Å². The summed E-state index contributed by atoms with van der Waals surface area (Å²) in [5, 5.41) is 3.59. The van der Waals surface area contributed by atoms with Crippen molar-refractivity contribution < 1.29 is 4.79 Å². The molecule has 3 heteroatoms. The van der Waals surface area contributed by atoms with E-state index in [1.807, 2.05) is 65.7 Å². The van der Waals surface area contributed by atoms with Gasteiger partial charge in [0.05, 0.1) is 11.4 Å². The third-order valence-electron chi connectivity index (χ3n) is 3.22. The Morgan fingerprint density at radius 2 is 1.41 bits per heavy atom. The Bertz CT molecular complexity index is 583. The molecule has 0 radical (unpaired) electrons. The van der Waals surface area contributed by atoms with Crippen LogP contribution in [-0.4, -0.2) is 17.5 Å². The maximum Gasteiger partial charge on any atom is 0.264 e. The van der Waals surface area contributed by atoms with Gasteiger partial charge in [-0.1, -0.05) is 49.1 Å². The fourth-order valence-electron chi connectivity index (χ4n) is 2.19. The van der Waals surface area contributed by atoms with Crippen LogP contribution < -0.4 is 5.01 Å². The molecule has 0 aliphatic heterocycles. The fraction of sp³-hybridized carbons (Fsp3) is 0.105. The van der Waals surface area contributed by atoms with Crippen LogP contribution in [0.2, 0.25) is 0 Å². The Morgan fingerprint density at radius 3 is 1.82 bits per heavy atom. The SMILES string of the molecule is C=CCCN(C(=O)C=C)N(c1ccccc1)c1ccccc1. The standard InChI is InChI=1S/C19H20N2O/c1-3-5-16-20(19(22)4-2)21(17-12-8-6-9-13-17)18-14-10-7-11-15-18/h3-4,6-15H,1-2,5,16H2. The molecular formula is C19H20N2O. The second-order valence-corrected chi connectivity index (χ2v) is 4.73. The van der Waals surface area contributed by atoms with Gasteiger partial charge in [-0.15, -0.1) is 6.58 Å². The Labute approximate surface area is 131 Å². The monoisotopic (exact) mass is 292 g/mol. The van der Waals surface area contributed by atoms with Crippen LogP contribution >= 0.6 is 0 Å². The molecule has 0 aliphatic rings. The number of nitrogens with zero attached hydrogens (tertiary/aromatic N) is 2. The summed E-state index contributed by atoms with van der Waals surface area (Å²) in [7, 11) is 0. The lowest BCUT2D eigenvalue weighted by Crippen LogP contribution is -2.43. The molecule has 2 rings (SSSR count). The van der Waals surface area contributed by atoms with Crippen LogP contribution in [0.5, 0.6) is 0 Å². The lowest BCUT2D eigenvalue weighted by Gasteiger charge is -2.36. The van der Waals surface area contributed by atoms with Gasteiger partial charge in [-0.05, 0) is 36.8 Å². The number of amides is 1. The minimum atomic E-state index is -0.144. The highest BCUT2D eigenvalue weighted by Gasteiger charge is 2.20. The molecule has 3 nitrogen and oxygen atoms in total. The van der Waals surface area contributed by atoms with Gasteiger partial charge in [0.25, 0.3) is 5.91 Å². The highest BCUT2D eigenvalue weighted by atomic mass is 16.2. The average molecular weight is 292 g/mol. The van der Waals surface area contributed by atoms with Crippen molar-refractivity contribution in [3.8, 4) is 0 Å². The summed E-state index contributed by atoms with van der Waals surface area (Å²) < 4.78 is 0. The Hall–Kier alpha value is -2.81. The van der Waals surface area contributed by atoms with Crippen LogP contribution in [0.4, 0.5) is 11.4 Å². The van der Waals surface area contributed by atoms with Gasteiger partial charge in [0.15, 0.2) is 0 Å². The fourth-order valence-corrected chi connectivity index (χ4v) is 2.19. The molecule has 0 aromatic heterocycles. The molecule has 0 saturated heterocycles. The Balaban J connectivity index is 2.47. The second-order valence-electron chi connectivity index (χ2n) is 4.73. The van der Waals surface area contributed by atoms with E-state index in [9.17, 15) is 4.79 Å². The van der Waals surface area contributed by atoms with Gasteiger partial charge in [0.1, 0.15) is 0 Å². The molecule has 0 atom stereocenters. The molecule has 112 valence electrons. The van der Waals surface area contributed by atoms with Crippen LogP contribution in [0.1, 0.15) is 6.42 Å². The van der Waals surface area contributed by atoms with Gasteiger partial charge < -0.3 is 0 Å². The number of hydrogen-bond donors (Lipinski definition) is 0. The number of rotatable bonds is 7. The lowest BCUT2D eigenvalue weighted by molar-refractivity contribution is -0.126. The molecule has 0 N–H and O–H groups in total. The molecule has 0 unspecified atom stereocenters. The van der Waals surface area contributed by atoms with E-state index >= 15 is 0 Å². The summed E-state index contributed by atoms with van der Waals surface area (Å²) in [4.78, 5) is 12.3. The van der Waals surface area contributed by atoms with Crippen LogP contribution in [0, 0.1) is 0 Å². The molecule has 22 heavy (non-hydrogen) atoms. The zero-order valence-electron chi connectivity index (χ0n) is 12.6. The quantitative estimate of drug-likeness (QED) is 0.431. The molecule has 1 amide bonds. The summed E-state index contributed by atoms with van der Waals surface area (Å²) in [6.07, 6.45) is 3.84. The van der Waals surface area contributed by atoms with Crippen molar-refractivity contribution in [2.24, 2.45) is 0 Å². The van der Waals surface area contributed by atoms with Crippen molar-refractivity contribution in [2.75, 3.05) is 11.6 Å². The topological polar surface area (TPSA) is 23.6 Å². The highest BCUT2D eigenvalue weighted by molar-refractivity contribution is 5.89. The Kier molecular flexibility index (Phi) is 5.55. The third kappa shape index (κ3) is 3.64. The van der Waals surface area contributed by atoms with Gasteiger partial charge in [-0.25, -0.2) is 5.01 Å². The highest BCUT2D eigenvalue weighted by Crippen LogP contribution is 2.27. The molecular weight excluding hydrogens is 272 g/mol. The zero-order valence-corrected chi connectivity index (χ0v) is 12.6. The molecule has 0 fully saturated rings. The number of hydrazine groups is 1. The smallest absolute Gasteiger partial charge is 0.264 e. The second kappa shape index (κ2) is 7.84. The first-order valence-electron chi connectivity index (χ1n) is 7.23. The maximum absolute atomic E-state index is 12.3. The summed E-state index contributed by atoms with van der Waals surface area (Å²) in [5.41, 5.74) is 1.85. The van der Waals surface area contributed by atoms with Crippen molar-refractivity contribution in [2.45, 2.75) is 6.42 Å². The van der Waals surface area contributed by atoms with Gasteiger partial charge in [0.2, 0.25) is 0 Å². The molecule has 0 heterocycles. The number of carbonyl (C=O) groups is 1. The molecule has 2 aromatic carbocycles. The number of anilines is 2. The number of hydrogen-bond acceptors (Lipinski definition) is 2. The molecule has 2 aromatic rings. The van der Waals surface area contributed by atoms with E-state index in [0.29, 0.717) is 13.0 Å². The van der Waals surface area contributed by atoms with Crippen LogP contribution in [0.15, 0.2) is 86.0 Å². The van der Waals surface area contributed by atoms with E-state index in [1.54, 1.807) is 11.1 Å². The van der Waals surface area contributed by atoms with E-state index in [1.165, 1.54) is 6.08 Å². The minimum Gasteiger partial charge on any atom is -0.268 e. The number of para-hydroxylation sites is 2. The van der Waals surface area contributed by atoms with Gasteiger partial charge >= 0.3 is 0 Å². The van der Waals surface area contributed by atoms with Crippen molar-refractivity contribution in [1.29, 1.82) is 0 Å². The minimum absolute atomic E-state index is 0.144. The van der Waals surface area contributed by atoms with E-state index < -0.39 is 0 Å². The number of benzene rings is 2. The van der Waals surface area contributed by atoms with Crippen molar-refractivity contribution in [3.63, 3.8) is 0 Å². The number of carbonyl (C=O) groups excluding carboxylic acids is 1. The molecule has 0 bridgehead atoms. The summed E-state index contributed by atoms with van der Waals surface area (Å²) >= 11 is 0. The average Bonchev–Trinajstić information content (AvgIpc) is 2.59. The van der Waals surface area contributed by atoms with E-state index in [4.69, 9.17) is 0 Å². The largest absolute Gasteiger partial charge is 0.268 e. The molecule has 0 spiro atoms. The van der Waals surface area contributed by atoms with Gasteiger partial charge in [-0.3, -0.25) is 9.80 Å². The molecule has 0 saturated carbocycles. The first-order valence-corrected chi connectivity index (χ1v) is 7.23. The van der Waals surface area contributed by atoms with Gasteiger partial charge in [-0.2, -0.15) is 0 Å². The van der Waals surface area contributed by atoms with Crippen molar-refractivity contribution >= 4 is 17.3 Å². The predicted octanol–water partition coefficient (Wildman–Crippen LogP) is 4.33. The molecule has 0 aliphatic carbocycles. The van der Waals surface area contributed by atoms with Crippen LogP contribution in [0.25, 0.3) is 0 Å². The van der Waals surface area contributed by atoms with Crippen LogP contribution in [-0.2, 0) is 4.79 Å². The first-order chi connectivity index (χ1) is 10.8. The maximum atomic E-state index is 12.3. The van der Waals surface area contributed by atoms with Crippen molar-refractivity contribution in [1.82, 2.24) is 5.01 Å². The summed E-state index contributed by atoms with van der Waals surface area (Å²) in [6.45, 7) is 7.90. The normalized spacial score (nSPS) is 9.82. The van der Waals surface area contributed by atoms with E-state index in [2.05, 4.69) is 13.2 Å².